The topological polar surface area (TPSA) is 0 Å². The van der Waals surface area contributed by atoms with Gasteiger partial charge in [-0.1, -0.05) is 13.8 Å². The summed E-state index contributed by atoms with van der Waals surface area (Å²) < 4.78 is 0. The smallest absolute Gasteiger partial charge is 1.00 e. The van der Waals surface area contributed by atoms with Gasteiger partial charge < -0.3 is 13.8 Å². The van der Waals surface area contributed by atoms with Crippen LogP contribution in [0.1, 0.15) is 29.1 Å². The third-order valence-electron chi connectivity index (χ3n) is 0.911. The van der Waals surface area contributed by atoms with Gasteiger partial charge in [0.2, 0.25) is 0 Å². The zero-order valence-corrected chi connectivity index (χ0v) is 13.7. The standard InChI is InChI=1S/2C6H9.ClH.Hf.H/c2*1-3-5-6-4-2;;;/h2*3,5-6H,1-2H3;1H;;/q2*-1;;+4;-1/p-1. The molecule has 0 bridgehead atoms. The summed E-state index contributed by atoms with van der Waals surface area (Å²) in [5.74, 6) is 0. The van der Waals surface area contributed by atoms with Crippen molar-refractivity contribution < 1.29 is 39.7 Å². The predicted octanol–water partition coefficient (Wildman–Crippen LogP) is 0.998. The number of rotatable bonds is 2. The van der Waals surface area contributed by atoms with Gasteiger partial charge in [-0.2, -0.15) is 12.2 Å². The van der Waals surface area contributed by atoms with Crippen LogP contribution in [0.2, 0.25) is 0 Å². The Morgan fingerprint density at radius 2 is 1.14 bits per heavy atom. The Hall–Kier alpha value is 0.120. The van der Waals surface area contributed by atoms with Crippen LogP contribution in [-0.4, -0.2) is 0 Å². The first-order valence-corrected chi connectivity index (χ1v) is 4.07. The summed E-state index contributed by atoms with van der Waals surface area (Å²) in [5.41, 5.74) is 0. The fourth-order valence-electron chi connectivity index (χ4n) is 0.385. The third-order valence-corrected chi connectivity index (χ3v) is 0.911. The van der Waals surface area contributed by atoms with E-state index in [1.807, 2.05) is 64.2 Å². The third kappa shape index (κ3) is 40.0. The molecule has 2 heteroatoms. The largest absolute Gasteiger partial charge is 4.00 e. The van der Waals surface area contributed by atoms with Gasteiger partial charge in [0.15, 0.2) is 0 Å². The maximum atomic E-state index is 2.86. The van der Waals surface area contributed by atoms with E-state index in [1.165, 1.54) is 0 Å². The molecule has 0 heterocycles. The molecule has 0 aromatic heterocycles. The molecule has 0 unspecified atom stereocenters. The minimum Gasteiger partial charge on any atom is -1.00 e. The van der Waals surface area contributed by atoms with Crippen molar-refractivity contribution in [1.29, 1.82) is 0 Å². The zero-order chi connectivity index (χ0) is 9.66. The Morgan fingerprint density at radius 3 is 1.21 bits per heavy atom. The number of allylic oxidation sites excluding steroid dienone is 8. The van der Waals surface area contributed by atoms with Crippen LogP contribution in [-0.2, 0) is 25.8 Å². The van der Waals surface area contributed by atoms with Crippen molar-refractivity contribution in [2.75, 3.05) is 0 Å². The van der Waals surface area contributed by atoms with Gasteiger partial charge in [0.05, 0.1) is 0 Å². The monoisotopic (exact) mass is 378 g/mol. The molecule has 78 valence electrons. The summed E-state index contributed by atoms with van der Waals surface area (Å²) in [4.78, 5) is 0. The van der Waals surface area contributed by atoms with E-state index in [9.17, 15) is 0 Å². The molecule has 0 N–H and O–H groups in total. The predicted molar refractivity (Wildman–Crippen MR) is 57.7 cm³/mol. The Morgan fingerprint density at radius 1 is 0.857 bits per heavy atom. The molecule has 0 aromatic rings. The van der Waals surface area contributed by atoms with E-state index in [0.717, 1.165) is 0 Å². The van der Waals surface area contributed by atoms with E-state index in [2.05, 4.69) is 12.2 Å². The SMILES string of the molecule is C[C-]=CC=CC.C[C-]=CC=CC.[Cl-].[H-].[Hf+4]. The minimum absolute atomic E-state index is 0. The fourth-order valence-corrected chi connectivity index (χ4v) is 0.385. The molecule has 0 saturated carbocycles. The summed E-state index contributed by atoms with van der Waals surface area (Å²) in [5, 5.41) is 0. The van der Waals surface area contributed by atoms with E-state index in [-0.39, 0.29) is 39.7 Å². The maximum Gasteiger partial charge on any atom is 4.00 e. The van der Waals surface area contributed by atoms with Gasteiger partial charge in [-0.15, -0.1) is 13.8 Å². The van der Waals surface area contributed by atoms with Gasteiger partial charge >= 0.3 is 25.8 Å². The normalized spacial score (nSPS) is 10.0. The number of halogens is 1. The second-order valence-electron chi connectivity index (χ2n) is 1.96. The zero-order valence-electron chi connectivity index (χ0n) is 10.3. The molecule has 0 spiro atoms. The van der Waals surface area contributed by atoms with E-state index in [0.29, 0.717) is 0 Å². The van der Waals surface area contributed by atoms with Gasteiger partial charge in [-0.25, -0.2) is 24.3 Å². The van der Waals surface area contributed by atoms with E-state index >= 15 is 0 Å². The molecular weight excluding hydrogens is 358 g/mol. The summed E-state index contributed by atoms with van der Waals surface area (Å²) in [6, 6.07) is 0. The quantitative estimate of drug-likeness (QED) is 0.383. The summed E-state index contributed by atoms with van der Waals surface area (Å²) in [6.45, 7) is 7.71. The second kappa shape index (κ2) is 29.2. The van der Waals surface area contributed by atoms with Crippen molar-refractivity contribution >= 4 is 0 Å². The van der Waals surface area contributed by atoms with Crippen LogP contribution in [0.5, 0.6) is 0 Å². The molecule has 0 aliphatic rings. The molecule has 0 fully saturated rings. The number of hydrogen-bond donors (Lipinski definition) is 0. The van der Waals surface area contributed by atoms with Gasteiger partial charge in [-0.3, -0.25) is 12.2 Å². The van der Waals surface area contributed by atoms with E-state index < -0.39 is 0 Å². The van der Waals surface area contributed by atoms with Gasteiger partial charge in [-0.05, 0) is 0 Å². The van der Waals surface area contributed by atoms with Crippen LogP contribution in [0.25, 0.3) is 0 Å². The Bertz CT molecular complexity index is 132. The van der Waals surface area contributed by atoms with Gasteiger partial charge in [0.25, 0.3) is 0 Å². The van der Waals surface area contributed by atoms with Crippen molar-refractivity contribution in [3.63, 3.8) is 0 Å². The molecule has 14 heavy (non-hydrogen) atoms. The van der Waals surface area contributed by atoms with Crippen molar-refractivity contribution in [3.8, 4) is 0 Å². The van der Waals surface area contributed by atoms with Crippen molar-refractivity contribution in [2.45, 2.75) is 27.7 Å². The maximum absolute atomic E-state index is 2.86. The summed E-state index contributed by atoms with van der Waals surface area (Å²) in [6.07, 6.45) is 17.3. The van der Waals surface area contributed by atoms with Crippen molar-refractivity contribution in [1.82, 2.24) is 0 Å². The fraction of sp³-hybridized carbons (Fsp3) is 0.333. The van der Waals surface area contributed by atoms with Crippen molar-refractivity contribution in [3.05, 3.63) is 48.6 Å². The average Bonchev–Trinajstić information content (AvgIpc) is 2.12. The van der Waals surface area contributed by atoms with Crippen LogP contribution in [0.3, 0.4) is 0 Å². The van der Waals surface area contributed by atoms with E-state index in [1.54, 1.807) is 0 Å². The Labute approximate surface area is 116 Å². The molecule has 0 amide bonds. The molecule has 0 atom stereocenters. The van der Waals surface area contributed by atoms with Crippen molar-refractivity contribution in [2.24, 2.45) is 0 Å². The number of hydrogen-bond acceptors (Lipinski definition) is 0. The molecule has 0 nitrogen and oxygen atoms in total. The molecule has 0 aromatic carbocycles. The molecule has 0 rings (SSSR count). The van der Waals surface area contributed by atoms with Gasteiger partial charge in [0.1, 0.15) is 0 Å². The first-order valence-electron chi connectivity index (χ1n) is 4.07. The molecule has 0 aliphatic carbocycles. The Balaban J connectivity index is -0.0000000370. The summed E-state index contributed by atoms with van der Waals surface area (Å²) >= 11 is 0. The molecule has 0 saturated heterocycles. The van der Waals surface area contributed by atoms with Crippen LogP contribution >= 0.6 is 0 Å². The van der Waals surface area contributed by atoms with Crippen LogP contribution in [0.4, 0.5) is 0 Å². The minimum atomic E-state index is 0. The first-order chi connectivity index (χ1) is 5.83. The van der Waals surface area contributed by atoms with E-state index in [4.69, 9.17) is 0 Å². The van der Waals surface area contributed by atoms with Gasteiger partial charge in [0, 0.05) is 0 Å². The summed E-state index contributed by atoms with van der Waals surface area (Å²) in [7, 11) is 0. The van der Waals surface area contributed by atoms with Crippen LogP contribution in [0.15, 0.2) is 36.5 Å². The Kier molecular flexibility index (Phi) is 49.5. The average molecular weight is 377 g/mol. The molecule has 0 aliphatic heterocycles. The molecule has 0 radical (unpaired) electrons. The molecular formula is C12H19ClHf. The van der Waals surface area contributed by atoms with Crippen LogP contribution in [0, 0.1) is 12.2 Å². The second-order valence-corrected chi connectivity index (χ2v) is 1.96. The first kappa shape index (κ1) is 23.7. The van der Waals surface area contributed by atoms with Crippen LogP contribution < -0.4 is 12.4 Å².